The van der Waals surface area contributed by atoms with Crippen LogP contribution in [-0.2, 0) is 11.3 Å². The van der Waals surface area contributed by atoms with Crippen molar-refractivity contribution in [2.45, 2.75) is 47.1 Å². The molecule has 30 heavy (non-hydrogen) atoms. The van der Waals surface area contributed by atoms with Crippen molar-refractivity contribution in [3.8, 4) is 5.69 Å². The van der Waals surface area contributed by atoms with Crippen LogP contribution in [-0.4, -0.2) is 33.4 Å². The monoisotopic (exact) mass is 403 g/mol. The molecule has 0 aliphatic carbocycles. The smallest absolute Gasteiger partial charge is 0.223 e. The molecule has 2 aromatic carbocycles. The largest absolute Gasteiger partial charge is 0.341 e. The summed E-state index contributed by atoms with van der Waals surface area (Å²) < 4.78 is 1.91. The van der Waals surface area contributed by atoms with Gasteiger partial charge >= 0.3 is 0 Å². The molecule has 0 saturated carbocycles. The van der Waals surface area contributed by atoms with E-state index in [9.17, 15) is 9.59 Å². The molecule has 1 aromatic heterocycles. The molecule has 0 aliphatic heterocycles. The first-order valence-electron chi connectivity index (χ1n) is 10.2. The van der Waals surface area contributed by atoms with E-state index >= 15 is 0 Å². The normalized spacial score (nSPS) is 10.8. The summed E-state index contributed by atoms with van der Waals surface area (Å²) >= 11 is 0. The molecule has 0 fully saturated rings. The molecule has 3 rings (SSSR count). The lowest BCUT2D eigenvalue weighted by Crippen LogP contribution is -2.27. The topological polar surface area (TPSA) is 55.2 Å². The van der Waals surface area contributed by atoms with E-state index in [0.29, 0.717) is 12.1 Å². The van der Waals surface area contributed by atoms with Gasteiger partial charge in [0, 0.05) is 43.3 Å². The van der Waals surface area contributed by atoms with E-state index in [1.54, 1.807) is 11.9 Å². The molecular weight excluding hydrogens is 374 g/mol. The first-order valence-corrected chi connectivity index (χ1v) is 10.2. The van der Waals surface area contributed by atoms with Crippen LogP contribution in [0.15, 0.2) is 48.5 Å². The van der Waals surface area contributed by atoms with Gasteiger partial charge in [-0.05, 0) is 57.0 Å². The molecule has 0 N–H and O–H groups in total. The van der Waals surface area contributed by atoms with E-state index in [2.05, 4.69) is 5.10 Å². The molecule has 0 atom stereocenters. The number of rotatable bonds is 7. The molecule has 0 radical (unpaired) electrons. The Morgan fingerprint density at radius 3 is 2.30 bits per heavy atom. The number of para-hydroxylation sites is 1. The fourth-order valence-electron chi connectivity index (χ4n) is 3.52. The summed E-state index contributed by atoms with van der Waals surface area (Å²) in [5.74, 6) is -0.0393. The Balaban J connectivity index is 1.64. The fourth-order valence-corrected chi connectivity index (χ4v) is 3.52. The van der Waals surface area contributed by atoms with Gasteiger partial charge in [-0.3, -0.25) is 9.59 Å². The van der Waals surface area contributed by atoms with Crippen LogP contribution >= 0.6 is 0 Å². The molecule has 1 amide bonds. The predicted molar refractivity (Wildman–Crippen MR) is 119 cm³/mol. The van der Waals surface area contributed by atoms with Crippen molar-refractivity contribution < 1.29 is 9.59 Å². The fraction of sp³-hybridized carbons (Fsp3) is 0.320. The van der Waals surface area contributed by atoms with Crippen molar-refractivity contribution >= 4 is 11.7 Å². The number of nitrogens with zero attached hydrogens (tertiary/aromatic N) is 3. The lowest BCUT2D eigenvalue weighted by molar-refractivity contribution is -0.130. The number of hydrogen-bond acceptors (Lipinski definition) is 3. The van der Waals surface area contributed by atoms with Gasteiger partial charge in [0.25, 0.3) is 0 Å². The minimum absolute atomic E-state index is 0.00380. The number of hydrogen-bond donors (Lipinski definition) is 0. The highest BCUT2D eigenvalue weighted by Gasteiger charge is 2.18. The number of carbonyl (C=O) groups is 2. The van der Waals surface area contributed by atoms with Gasteiger partial charge in [-0.1, -0.05) is 30.3 Å². The Kier molecular flexibility index (Phi) is 6.50. The standard InChI is InChI=1S/C25H29N3O2/c1-17-11-12-21(15-18(17)2)24(29)13-14-25(30)27(5)16-23-19(3)26-28(20(23)4)22-9-7-6-8-10-22/h6-12,15H,13-14,16H2,1-5H3. The summed E-state index contributed by atoms with van der Waals surface area (Å²) in [5.41, 5.74) is 6.87. The summed E-state index contributed by atoms with van der Waals surface area (Å²) in [6, 6.07) is 15.6. The van der Waals surface area contributed by atoms with Gasteiger partial charge < -0.3 is 4.90 Å². The van der Waals surface area contributed by atoms with Crippen LogP contribution < -0.4 is 0 Å². The molecule has 0 aliphatic rings. The van der Waals surface area contributed by atoms with Crippen molar-refractivity contribution in [1.82, 2.24) is 14.7 Å². The van der Waals surface area contributed by atoms with Gasteiger partial charge in [0.2, 0.25) is 5.91 Å². The van der Waals surface area contributed by atoms with Crippen molar-refractivity contribution in [2.75, 3.05) is 7.05 Å². The zero-order valence-electron chi connectivity index (χ0n) is 18.4. The molecule has 3 aromatic rings. The molecule has 0 saturated heterocycles. The van der Waals surface area contributed by atoms with E-state index in [4.69, 9.17) is 0 Å². The maximum absolute atomic E-state index is 12.7. The second-order valence-electron chi connectivity index (χ2n) is 7.87. The maximum atomic E-state index is 12.7. The highest BCUT2D eigenvalue weighted by Crippen LogP contribution is 2.20. The molecule has 5 nitrogen and oxygen atoms in total. The molecule has 156 valence electrons. The van der Waals surface area contributed by atoms with E-state index in [0.717, 1.165) is 33.8 Å². The van der Waals surface area contributed by atoms with Crippen LogP contribution in [0.4, 0.5) is 0 Å². The number of ketones is 1. The van der Waals surface area contributed by atoms with Crippen LogP contribution in [0.1, 0.15) is 51.3 Å². The molecule has 0 unspecified atom stereocenters. The van der Waals surface area contributed by atoms with Gasteiger partial charge in [0.15, 0.2) is 5.78 Å². The first kappa shape index (κ1) is 21.5. The zero-order valence-corrected chi connectivity index (χ0v) is 18.4. The minimum atomic E-state index is -0.0431. The number of carbonyl (C=O) groups excluding carboxylic acids is 2. The Hall–Kier alpha value is -3.21. The van der Waals surface area contributed by atoms with Crippen LogP contribution in [0, 0.1) is 27.7 Å². The van der Waals surface area contributed by atoms with E-state index in [-0.39, 0.29) is 24.5 Å². The molecule has 5 heteroatoms. The number of benzene rings is 2. The van der Waals surface area contributed by atoms with E-state index in [1.807, 2.05) is 80.9 Å². The lowest BCUT2D eigenvalue weighted by atomic mass is 10.0. The number of amides is 1. The molecule has 0 spiro atoms. The van der Waals surface area contributed by atoms with Gasteiger partial charge in [-0.2, -0.15) is 5.10 Å². The summed E-state index contributed by atoms with van der Waals surface area (Å²) in [4.78, 5) is 26.8. The first-order chi connectivity index (χ1) is 14.3. The summed E-state index contributed by atoms with van der Waals surface area (Å²) in [6.07, 6.45) is 0.417. The minimum Gasteiger partial charge on any atom is -0.341 e. The van der Waals surface area contributed by atoms with Gasteiger partial charge in [0.1, 0.15) is 0 Å². The highest BCUT2D eigenvalue weighted by molar-refractivity contribution is 5.98. The number of aryl methyl sites for hydroxylation is 3. The second kappa shape index (κ2) is 9.08. The predicted octanol–water partition coefficient (Wildman–Crippen LogP) is 4.73. The van der Waals surface area contributed by atoms with Gasteiger partial charge in [-0.15, -0.1) is 0 Å². The molecule has 0 bridgehead atoms. The van der Waals surface area contributed by atoms with Crippen molar-refractivity contribution in [2.24, 2.45) is 0 Å². The average molecular weight is 404 g/mol. The molecular formula is C25H29N3O2. The Morgan fingerprint density at radius 1 is 0.933 bits per heavy atom. The van der Waals surface area contributed by atoms with Crippen LogP contribution in [0.5, 0.6) is 0 Å². The maximum Gasteiger partial charge on any atom is 0.223 e. The second-order valence-corrected chi connectivity index (χ2v) is 7.87. The van der Waals surface area contributed by atoms with Crippen LogP contribution in [0.3, 0.4) is 0 Å². The van der Waals surface area contributed by atoms with Crippen molar-refractivity contribution in [3.63, 3.8) is 0 Å². The average Bonchev–Trinajstić information content (AvgIpc) is 3.02. The summed E-state index contributed by atoms with van der Waals surface area (Å²) in [5, 5.41) is 4.65. The summed E-state index contributed by atoms with van der Waals surface area (Å²) in [6.45, 7) is 8.46. The van der Waals surface area contributed by atoms with E-state index < -0.39 is 0 Å². The Morgan fingerprint density at radius 2 is 1.63 bits per heavy atom. The third-order valence-electron chi connectivity index (χ3n) is 5.66. The number of aromatic nitrogens is 2. The third-order valence-corrected chi connectivity index (χ3v) is 5.66. The lowest BCUT2D eigenvalue weighted by Gasteiger charge is -2.17. The quantitative estimate of drug-likeness (QED) is 0.536. The molecule has 1 heterocycles. The Bertz CT molecular complexity index is 1070. The van der Waals surface area contributed by atoms with E-state index in [1.165, 1.54) is 0 Å². The van der Waals surface area contributed by atoms with Gasteiger partial charge in [0.05, 0.1) is 11.4 Å². The highest BCUT2D eigenvalue weighted by atomic mass is 16.2. The Labute approximate surface area is 178 Å². The van der Waals surface area contributed by atoms with Crippen molar-refractivity contribution in [3.05, 3.63) is 82.2 Å². The van der Waals surface area contributed by atoms with Crippen LogP contribution in [0.25, 0.3) is 5.69 Å². The number of Topliss-reactive ketones (excluding diaryl/α,β-unsaturated/α-hetero) is 1. The summed E-state index contributed by atoms with van der Waals surface area (Å²) in [7, 11) is 1.78. The third kappa shape index (κ3) is 4.67. The van der Waals surface area contributed by atoms with Crippen molar-refractivity contribution in [1.29, 1.82) is 0 Å². The zero-order chi connectivity index (χ0) is 21.8. The van der Waals surface area contributed by atoms with Crippen LogP contribution in [0.2, 0.25) is 0 Å². The SMILES string of the molecule is Cc1ccc(C(=O)CCC(=O)N(C)Cc2c(C)nn(-c3ccccc3)c2C)cc1C. The van der Waals surface area contributed by atoms with Gasteiger partial charge in [-0.25, -0.2) is 4.68 Å².